The average Bonchev–Trinajstić information content (AvgIpc) is 2.43. The number of ketones is 1. The van der Waals surface area contributed by atoms with E-state index in [-0.39, 0.29) is 0 Å². The molecule has 18 heavy (non-hydrogen) atoms. The number of aryl methyl sites for hydroxylation is 1. The Morgan fingerprint density at radius 2 is 1.72 bits per heavy atom. The topological polar surface area (TPSA) is 37.4 Å². The van der Waals surface area contributed by atoms with Crippen LogP contribution in [-0.2, 0) is 11.2 Å². The second-order valence-corrected chi connectivity index (χ2v) is 4.46. The van der Waals surface area contributed by atoms with Gasteiger partial charge in [0.1, 0.15) is 0 Å². The Morgan fingerprint density at radius 1 is 1.11 bits per heavy atom. The van der Waals surface area contributed by atoms with E-state index < -0.39 is 11.7 Å². The fourth-order valence-corrected chi connectivity index (χ4v) is 1.69. The fraction of sp³-hybridized carbons (Fsp3) is 0.467. The van der Waals surface area contributed by atoms with Crippen LogP contribution in [0.15, 0.2) is 24.3 Å². The molecule has 3 heteroatoms. The van der Waals surface area contributed by atoms with Crippen molar-refractivity contribution in [2.75, 3.05) is 13.6 Å². The van der Waals surface area contributed by atoms with Gasteiger partial charge < -0.3 is 4.90 Å². The van der Waals surface area contributed by atoms with E-state index in [4.69, 9.17) is 0 Å². The van der Waals surface area contributed by atoms with Crippen LogP contribution in [0, 0.1) is 0 Å². The number of likely N-dealkylation sites (N-methyl/N-ethyl adjacent to an activating group) is 1. The zero-order chi connectivity index (χ0) is 13.5. The quantitative estimate of drug-likeness (QED) is 0.572. The summed E-state index contributed by atoms with van der Waals surface area (Å²) in [6.07, 6.45) is 2.86. The average molecular weight is 247 g/mol. The van der Waals surface area contributed by atoms with Crippen LogP contribution >= 0.6 is 0 Å². The Morgan fingerprint density at radius 3 is 2.22 bits per heavy atom. The highest BCUT2D eigenvalue weighted by molar-refractivity contribution is 6.42. The van der Waals surface area contributed by atoms with Crippen LogP contribution in [0.4, 0.5) is 0 Å². The maximum absolute atomic E-state index is 12.0. The summed E-state index contributed by atoms with van der Waals surface area (Å²) >= 11 is 0. The highest BCUT2D eigenvalue weighted by atomic mass is 16.2. The lowest BCUT2D eigenvalue weighted by molar-refractivity contribution is -0.125. The normalized spacial score (nSPS) is 10.2. The number of Topliss-reactive ketones (excluding diaryl/α,β-unsaturated/α-hetero) is 1. The van der Waals surface area contributed by atoms with Gasteiger partial charge in [0.15, 0.2) is 0 Å². The van der Waals surface area contributed by atoms with Crippen LogP contribution in [0.25, 0.3) is 0 Å². The van der Waals surface area contributed by atoms with E-state index in [1.165, 1.54) is 10.5 Å². The summed E-state index contributed by atoms with van der Waals surface area (Å²) in [5.74, 6) is -0.844. The lowest BCUT2D eigenvalue weighted by Gasteiger charge is -2.15. The van der Waals surface area contributed by atoms with Crippen LogP contribution in [0.5, 0.6) is 0 Å². The van der Waals surface area contributed by atoms with E-state index in [1.807, 2.05) is 12.1 Å². The Hall–Kier alpha value is -1.64. The molecule has 0 fully saturated rings. The minimum absolute atomic E-state index is 0.420. The molecule has 3 nitrogen and oxygen atoms in total. The fourth-order valence-electron chi connectivity index (χ4n) is 1.69. The molecule has 0 heterocycles. The number of hydrogen-bond acceptors (Lipinski definition) is 2. The van der Waals surface area contributed by atoms with Crippen molar-refractivity contribution in [3.05, 3.63) is 35.4 Å². The van der Waals surface area contributed by atoms with Gasteiger partial charge in [-0.25, -0.2) is 0 Å². The van der Waals surface area contributed by atoms with Gasteiger partial charge in [-0.15, -0.1) is 0 Å². The molecule has 98 valence electrons. The number of benzene rings is 1. The van der Waals surface area contributed by atoms with E-state index in [0.717, 1.165) is 19.3 Å². The molecule has 0 atom stereocenters. The molecule has 0 bridgehead atoms. The first-order valence-electron chi connectivity index (χ1n) is 6.48. The number of amides is 1. The Balaban J connectivity index is 2.70. The van der Waals surface area contributed by atoms with E-state index in [0.29, 0.717) is 12.1 Å². The molecule has 0 unspecified atom stereocenters. The molecule has 1 aromatic rings. The van der Waals surface area contributed by atoms with Gasteiger partial charge in [0.2, 0.25) is 5.78 Å². The number of carbonyl (C=O) groups excluding carboxylic acids is 2. The molecule has 0 radical (unpaired) electrons. The van der Waals surface area contributed by atoms with Gasteiger partial charge in [0.05, 0.1) is 0 Å². The highest BCUT2D eigenvalue weighted by Crippen LogP contribution is 2.07. The predicted octanol–water partition coefficient (Wildman–Crippen LogP) is 2.69. The summed E-state index contributed by atoms with van der Waals surface area (Å²) in [6.45, 7) is 4.75. The lowest BCUT2D eigenvalue weighted by Crippen LogP contribution is -2.34. The molecule has 0 aliphatic heterocycles. The van der Waals surface area contributed by atoms with Crippen LogP contribution in [0.1, 0.15) is 42.6 Å². The molecule has 0 aliphatic carbocycles. The van der Waals surface area contributed by atoms with Crippen molar-refractivity contribution in [3.8, 4) is 0 Å². The molecule has 1 rings (SSSR count). The third kappa shape index (κ3) is 3.69. The summed E-state index contributed by atoms with van der Waals surface area (Å²) in [5.41, 5.74) is 1.64. The van der Waals surface area contributed by atoms with Crippen molar-refractivity contribution in [2.24, 2.45) is 0 Å². The summed E-state index contributed by atoms with van der Waals surface area (Å²) in [6, 6.07) is 7.25. The second kappa shape index (κ2) is 6.94. The largest absolute Gasteiger partial charge is 0.339 e. The van der Waals surface area contributed by atoms with Crippen molar-refractivity contribution < 1.29 is 9.59 Å². The highest BCUT2D eigenvalue weighted by Gasteiger charge is 2.19. The van der Waals surface area contributed by atoms with Gasteiger partial charge >= 0.3 is 0 Å². The zero-order valence-corrected chi connectivity index (χ0v) is 11.4. The molecule has 1 amide bonds. The van der Waals surface area contributed by atoms with Crippen molar-refractivity contribution >= 4 is 11.7 Å². The molecular weight excluding hydrogens is 226 g/mol. The number of hydrogen-bond donors (Lipinski definition) is 0. The molecule has 0 aromatic heterocycles. The zero-order valence-electron chi connectivity index (χ0n) is 11.4. The monoisotopic (exact) mass is 247 g/mol. The Labute approximate surface area is 109 Å². The van der Waals surface area contributed by atoms with Crippen LogP contribution in [-0.4, -0.2) is 30.2 Å². The van der Waals surface area contributed by atoms with Gasteiger partial charge in [-0.3, -0.25) is 9.59 Å². The molecular formula is C15H21NO2. The third-order valence-electron chi connectivity index (χ3n) is 3.01. The first-order valence-corrected chi connectivity index (χ1v) is 6.48. The molecule has 0 N–H and O–H groups in total. The van der Waals surface area contributed by atoms with Gasteiger partial charge in [0.25, 0.3) is 5.91 Å². The van der Waals surface area contributed by atoms with Gasteiger partial charge in [0, 0.05) is 19.2 Å². The van der Waals surface area contributed by atoms with Crippen molar-refractivity contribution in [1.29, 1.82) is 0 Å². The smallest absolute Gasteiger partial charge is 0.294 e. The first kappa shape index (κ1) is 14.4. The van der Waals surface area contributed by atoms with E-state index in [2.05, 4.69) is 13.8 Å². The lowest BCUT2D eigenvalue weighted by atomic mass is 10.1. The van der Waals surface area contributed by atoms with Crippen molar-refractivity contribution in [3.63, 3.8) is 0 Å². The number of carbonyl (C=O) groups is 2. The van der Waals surface area contributed by atoms with E-state index in [1.54, 1.807) is 19.2 Å². The first-order chi connectivity index (χ1) is 8.60. The summed E-state index contributed by atoms with van der Waals surface area (Å²) in [7, 11) is 1.68. The van der Waals surface area contributed by atoms with Crippen LogP contribution in [0.3, 0.4) is 0 Å². The molecule has 0 aliphatic rings. The predicted molar refractivity (Wildman–Crippen MR) is 72.7 cm³/mol. The second-order valence-electron chi connectivity index (χ2n) is 4.46. The van der Waals surface area contributed by atoms with Gasteiger partial charge in [-0.2, -0.15) is 0 Å². The number of unbranched alkanes of at least 4 members (excludes halogenated alkanes) is 1. The van der Waals surface area contributed by atoms with Crippen molar-refractivity contribution in [1.82, 2.24) is 4.90 Å². The minimum Gasteiger partial charge on any atom is -0.339 e. The SMILES string of the molecule is CCCCN(C)C(=O)C(=O)c1ccc(CC)cc1. The molecule has 1 aromatic carbocycles. The Kier molecular flexibility index (Phi) is 5.56. The minimum atomic E-state index is -0.423. The summed E-state index contributed by atoms with van der Waals surface area (Å²) < 4.78 is 0. The van der Waals surface area contributed by atoms with Crippen LogP contribution in [0.2, 0.25) is 0 Å². The standard InChI is InChI=1S/C15H21NO2/c1-4-6-11-16(3)15(18)14(17)13-9-7-12(5-2)8-10-13/h7-10H,4-6,11H2,1-3H3. The van der Waals surface area contributed by atoms with Crippen LogP contribution < -0.4 is 0 Å². The summed E-state index contributed by atoms with van der Waals surface area (Å²) in [4.78, 5) is 25.3. The maximum atomic E-state index is 12.0. The molecule has 0 saturated carbocycles. The molecule has 0 saturated heterocycles. The molecule has 0 spiro atoms. The van der Waals surface area contributed by atoms with Gasteiger partial charge in [-0.05, 0) is 18.4 Å². The number of nitrogens with zero attached hydrogens (tertiary/aromatic N) is 1. The van der Waals surface area contributed by atoms with Gasteiger partial charge in [-0.1, -0.05) is 44.5 Å². The maximum Gasteiger partial charge on any atom is 0.294 e. The Bertz CT molecular complexity index is 409. The number of rotatable bonds is 6. The van der Waals surface area contributed by atoms with E-state index in [9.17, 15) is 9.59 Å². The third-order valence-corrected chi connectivity index (χ3v) is 3.01. The van der Waals surface area contributed by atoms with Crippen molar-refractivity contribution in [2.45, 2.75) is 33.1 Å². The van der Waals surface area contributed by atoms with E-state index >= 15 is 0 Å². The summed E-state index contributed by atoms with van der Waals surface area (Å²) in [5, 5.41) is 0.